The first-order chi connectivity index (χ1) is 10.9. The van der Waals surface area contributed by atoms with Crippen molar-refractivity contribution in [3.05, 3.63) is 71.8 Å². The van der Waals surface area contributed by atoms with Crippen molar-refractivity contribution in [3.8, 4) is 0 Å². The van der Waals surface area contributed by atoms with Gasteiger partial charge in [-0.2, -0.15) is 5.06 Å². The van der Waals surface area contributed by atoms with Gasteiger partial charge in [0.2, 0.25) is 0 Å². The molecular weight excluding hydrogens is 272 g/mol. The highest BCUT2D eigenvalue weighted by Gasteiger charge is 2.26. The summed E-state index contributed by atoms with van der Waals surface area (Å²) in [6, 6.07) is 21.9. The van der Waals surface area contributed by atoms with Crippen LogP contribution in [0.5, 0.6) is 0 Å². The number of hydrogen-bond acceptors (Lipinski definition) is 3. The Hall–Kier alpha value is -1.68. The molecule has 116 valence electrons. The molecular formula is C19H24N2O. The van der Waals surface area contributed by atoms with E-state index in [1.165, 1.54) is 11.1 Å². The van der Waals surface area contributed by atoms with Gasteiger partial charge in [-0.3, -0.25) is 9.74 Å². The van der Waals surface area contributed by atoms with Crippen molar-refractivity contribution < 1.29 is 4.84 Å². The minimum absolute atomic E-state index is 0.325. The zero-order chi connectivity index (χ0) is 15.2. The number of piperazine rings is 1. The van der Waals surface area contributed by atoms with E-state index in [2.05, 4.69) is 70.6 Å². The fourth-order valence-corrected chi connectivity index (χ4v) is 3.16. The van der Waals surface area contributed by atoms with E-state index in [0.717, 1.165) is 32.8 Å². The second kappa shape index (κ2) is 7.54. The lowest BCUT2D eigenvalue weighted by Gasteiger charge is -2.39. The Balaban J connectivity index is 1.81. The molecule has 3 heteroatoms. The molecule has 0 radical (unpaired) electrons. The molecule has 1 heterocycles. The third-order valence-electron chi connectivity index (χ3n) is 4.18. The maximum absolute atomic E-state index is 5.63. The van der Waals surface area contributed by atoms with Gasteiger partial charge in [-0.05, 0) is 18.1 Å². The average molecular weight is 296 g/mol. The summed E-state index contributed by atoms with van der Waals surface area (Å²) in [6.45, 7) is 6.76. The highest BCUT2D eigenvalue weighted by molar-refractivity contribution is 5.31. The molecule has 22 heavy (non-hydrogen) atoms. The van der Waals surface area contributed by atoms with Crippen LogP contribution in [0.25, 0.3) is 0 Å². The topological polar surface area (TPSA) is 15.7 Å². The van der Waals surface area contributed by atoms with E-state index in [-0.39, 0.29) is 0 Å². The van der Waals surface area contributed by atoms with Gasteiger partial charge in [0.1, 0.15) is 0 Å². The smallest absolute Gasteiger partial charge is 0.0656 e. The molecule has 3 nitrogen and oxygen atoms in total. The molecule has 0 amide bonds. The molecule has 0 unspecified atom stereocenters. The minimum Gasteiger partial charge on any atom is -0.299 e. The summed E-state index contributed by atoms with van der Waals surface area (Å²) in [5.74, 6) is 0. The molecule has 0 atom stereocenters. The molecule has 0 bridgehead atoms. The highest BCUT2D eigenvalue weighted by atomic mass is 16.7. The Morgan fingerprint density at radius 3 is 1.77 bits per heavy atom. The lowest BCUT2D eigenvalue weighted by Crippen LogP contribution is -2.47. The molecule has 0 spiro atoms. The number of hydrogen-bond donors (Lipinski definition) is 0. The maximum atomic E-state index is 5.63. The van der Waals surface area contributed by atoms with Crippen LogP contribution < -0.4 is 0 Å². The SMILES string of the molecule is CCON1CCN(C(c2ccccc2)c2ccccc2)CC1. The van der Waals surface area contributed by atoms with Crippen LogP contribution in [0.15, 0.2) is 60.7 Å². The summed E-state index contributed by atoms with van der Waals surface area (Å²) in [7, 11) is 0. The van der Waals surface area contributed by atoms with Crippen LogP contribution in [0, 0.1) is 0 Å². The lowest BCUT2D eigenvalue weighted by atomic mass is 9.96. The second-order valence-electron chi connectivity index (χ2n) is 5.61. The molecule has 1 aliphatic rings. The number of benzene rings is 2. The maximum Gasteiger partial charge on any atom is 0.0656 e. The molecule has 0 aliphatic carbocycles. The fraction of sp³-hybridized carbons (Fsp3) is 0.368. The molecule has 1 fully saturated rings. The quantitative estimate of drug-likeness (QED) is 0.841. The normalized spacial score (nSPS) is 17.0. The van der Waals surface area contributed by atoms with E-state index in [1.807, 2.05) is 6.92 Å². The van der Waals surface area contributed by atoms with Crippen molar-refractivity contribution in [2.24, 2.45) is 0 Å². The zero-order valence-electron chi connectivity index (χ0n) is 13.2. The molecule has 0 N–H and O–H groups in total. The summed E-state index contributed by atoms with van der Waals surface area (Å²) < 4.78 is 0. The largest absolute Gasteiger partial charge is 0.299 e. The fourth-order valence-electron chi connectivity index (χ4n) is 3.16. The monoisotopic (exact) mass is 296 g/mol. The first-order valence-corrected chi connectivity index (χ1v) is 8.10. The van der Waals surface area contributed by atoms with Crippen LogP contribution >= 0.6 is 0 Å². The first-order valence-electron chi connectivity index (χ1n) is 8.10. The van der Waals surface area contributed by atoms with E-state index in [4.69, 9.17) is 4.84 Å². The molecule has 3 rings (SSSR count). The van der Waals surface area contributed by atoms with E-state index in [9.17, 15) is 0 Å². The molecule has 1 aliphatic heterocycles. The van der Waals surface area contributed by atoms with Crippen molar-refractivity contribution in [3.63, 3.8) is 0 Å². The Morgan fingerprint density at radius 2 is 1.32 bits per heavy atom. The van der Waals surface area contributed by atoms with Gasteiger partial charge in [-0.25, -0.2) is 0 Å². The third kappa shape index (κ3) is 3.55. The average Bonchev–Trinajstić information content (AvgIpc) is 2.59. The van der Waals surface area contributed by atoms with E-state index in [0.29, 0.717) is 6.04 Å². The predicted octanol–water partition coefficient (Wildman–Crippen LogP) is 3.35. The standard InChI is InChI=1S/C19H24N2O/c1-2-22-21-15-13-20(14-16-21)19(17-9-5-3-6-10-17)18-11-7-4-8-12-18/h3-12,19H,2,13-16H2,1H3. The van der Waals surface area contributed by atoms with E-state index >= 15 is 0 Å². The van der Waals surface area contributed by atoms with Crippen molar-refractivity contribution in [2.45, 2.75) is 13.0 Å². The summed E-state index contributed by atoms with van der Waals surface area (Å²) >= 11 is 0. The van der Waals surface area contributed by atoms with E-state index in [1.54, 1.807) is 0 Å². The van der Waals surface area contributed by atoms with Crippen molar-refractivity contribution in [1.82, 2.24) is 9.96 Å². The van der Waals surface area contributed by atoms with Crippen LogP contribution in [0.4, 0.5) is 0 Å². The van der Waals surface area contributed by atoms with Crippen LogP contribution in [0.1, 0.15) is 24.1 Å². The number of hydroxylamine groups is 2. The zero-order valence-corrected chi connectivity index (χ0v) is 13.2. The molecule has 0 saturated carbocycles. The van der Waals surface area contributed by atoms with Gasteiger partial charge in [0, 0.05) is 26.2 Å². The van der Waals surface area contributed by atoms with Crippen molar-refractivity contribution in [2.75, 3.05) is 32.8 Å². The highest BCUT2D eigenvalue weighted by Crippen LogP contribution is 2.29. The van der Waals surface area contributed by atoms with Crippen LogP contribution in [-0.4, -0.2) is 42.7 Å². The van der Waals surface area contributed by atoms with Gasteiger partial charge >= 0.3 is 0 Å². The van der Waals surface area contributed by atoms with Gasteiger partial charge in [-0.15, -0.1) is 0 Å². The summed E-state index contributed by atoms with van der Waals surface area (Å²) in [4.78, 5) is 8.18. The minimum atomic E-state index is 0.325. The van der Waals surface area contributed by atoms with Crippen LogP contribution in [-0.2, 0) is 4.84 Å². The molecule has 2 aromatic rings. The molecule has 2 aromatic carbocycles. The molecule has 1 saturated heterocycles. The number of nitrogens with zero attached hydrogens (tertiary/aromatic N) is 2. The van der Waals surface area contributed by atoms with Gasteiger partial charge in [0.25, 0.3) is 0 Å². The lowest BCUT2D eigenvalue weighted by molar-refractivity contribution is -0.174. The number of rotatable bonds is 5. The Morgan fingerprint density at radius 1 is 0.818 bits per heavy atom. The Labute approximate surface area is 133 Å². The molecule has 0 aromatic heterocycles. The summed E-state index contributed by atoms with van der Waals surface area (Å²) in [5, 5.41) is 2.09. The Bertz CT molecular complexity index is 511. The third-order valence-corrected chi connectivity index (χ3v) is 4.18. The van der Waals surface area contributed by atoms with Gasteiger partial charge in [0.05, 0.1) is 12.6 Å². The van der Waals surface area contributed by atoms with Crippen molar-refractivity contribution >= 4 is 0 Å². The first kappa shape index (κ1) is 15.2. The van der Waals surface area contributed by atoms with Gasteiger partial charge < -0.3 is 0 Å². The second-order valence-corrected chi connectivity index (χ2v) is 5.61. The predicted molar refractivity (Wildman–Crippen MR) is 89.5 cm³/mol. The van der Waals surface area contributed by atoms with Crippen LogP contribution in [0.2, 0.25) is 0 Å². The van der Waals surface area contributed by atoms with E-state index < -0.39 is 0 Å². The summed E-state index contributed by atoms with van der Waals surface area (Å²) in [6.07, 6.45) is 0. The van der Waals surface area contributed by atoms with Gasteiger partial charge in [0.15, 0.2) is 0 Å². The Kier molecular flexibility index (Phi) is 5.22. The van der Waals surface area contributed by atoms with Crippen molar-refractivity contribution in [1.29, 1.82) is 0 Å². The summed E-state index contributed by atoms with van der Waals surface area (Å²) in [5.41, 5.74) is 2.72. The van der Waals surface area contributed by atoms with Crippen LogP contribution in [0.3, 0.4) is 0 Å². The van der Waals surface area contributed by atoms with Gasteiger partial charge in [-0.1, -0.05) is 60.7 Å².